The van der Waals surface area contributed by atoms with E-state index in [1.165, 1.54) is 6.07 Å². The third kappa shape index (κ3) is 2.57. The zero-order valence-electron chi connectivity index (χ0n) is 11.7. The zero-order chi connectivity index (χ0) is 14.0. The molecule has 0 fully saturated rings. The summed E-state index contributed by atoms with van der Waals surface area (Å²) in [5.41, 5.74) is 3.51. The van der Waals surface area contributed by atoms with Crippen molar-refractivity contribution in [1.82, 2.24) is 9.97 Å². The van der Waals surface area contributed by atoms with E-state index in [0.29, 0.717) is 11.4 Å². The molecule has 2 rings (SSSR count). The minimum absolute atomic E-state index is 0.208. The summed E-state index contributed by atoms with van der Waals surface area (Å²) in [4.78, 5) is 9.06. The molecule has 1 aromatic heterocycles. The molecule has 2 aromatic rings. The van der Waals surface area contributed by atoms with Crippen molar-refractivity contribution in [2.75, 3.05) is 12.4 Å². The van der Waals surface area contributed by atoms with Crippen LogP contribution >= 0.6 is 0 Å². The molecule has 0 atom stereocenters. The fraction of sp³-hybridized carbons (Fsp3) is 0.333. The van der Waals surface area contributed by atoms with Gasteiger partial charge in [0.25, 0.3) is 0 Å². The number of benzene rings is 1. The highest BCUT2D eigenvalue weighted by molar-refractivity contribution is 5.60. The van der Waals surface area contributed by atoms with Crippen LogP contribution in [0.5, 0.6) is 0 Å². The van der Waals surface area contributed by atoms with Gasteiger partial charge in [0.15, 0.2) is 5.82 Å². The summed E-state index contributed by atoms with van der Waals surface area (Å²) in [5.74, 6) is 1.25. The highest BCUT2D eigenvalue weighted by Crippen LogP contribution is 2.23. The van der Waals surface area contributed by atoms with E-state index in [-0.39, 0.29) is 5.82 Å². The molecule has 0 aliphatic heterocycles. The van der Waals surface area contributed by atoms with Gasteiger partial charge in [-0.1, -0.05) is 6.92 Å². The van der Waals surface area contributed by atoms with Crippen LogP contribution in [0.1, 0.15) is 23.7 Å². The molecule has 0 spiro atoms. The van der Waals surface area contributed by atoms with Crippen LogP contribution in [0, 0.1) is 19.7 Å². The molecule has 3 nitrogen and oxygen atoms in total. The van der Waals surface area contributed by atoms with Crippen molar-refractivity contribution in [3.05, 3.63) is 40.8 Å². The quantitative estimate of drug-likeness (QED) is 0.916. The van der Waals surface area contributed by atoms with Crippen LogP contribution in [0.15, 0.2) is 18.2 Å². The normalized spacial score (nSPS) is 10.6. The predicted molar refractivity (Wildman–Crippen MR) is 75.8 cm³/mol. The van der Waals surface area contributed by atoms with Gasteiger partial charge in [-0.25, -0.2) is 14.4 Å². The largest absolute Gasteiger partial charge is 0.373 e. The molecule has 1 aromatic carbocycles. The van der Waals surface area contributed by atoms with E-state index in [2.05, 4.69) is 22.2 Å². The summed E-state index contributed by atoms with van der Waals surface area (Å²) in [5, 5.41) is 3.08. The van der Waals surface area contributed by atoms with E-state index < -0.39 is 0 Å². The summed E-state index contributed by atoms with van der Waals surface area (Å²) >= 11 is 0. The lowest BCUT2D eigenvalue weighted by atomic mass is 10.1. The minimum atomic E-state index is -0.208. The van der Waals surface area contributed by atoms with Gasteiger partial charge in [-0.3, -0.25) is 0 Å². The lowest BCUT2D eigenvalue weighted by molar-refractivity contribution is 0.618. The van der Waals surface area contributed by atoms with E-state index in [4.69, 9.17) is 0 Å². The van der Waals surface area contributed by atoms with Gasteiger partial charge < -0.3 is 5.32 Å². The second-order valence-corrected chi connectivity index (χ2v) is 4.54. The second-order valence-electron chi connectivity index (χ2n) is 4.54. The highest BCUT2D eigenvalue weighted by atomic mass is 19.1. The van der Waals surface area contributed by atoms with Crippen molar-refractivity contribution >= 4 is 5.82 Å². The van der Waals surface area contributed by atoms with Gasteiger partial charge in [0.2, 0.25) is 0 Å². The maximum Gasteiger partial charge on any atom is 0.161 e. The van der Waals surface area contributed by atoms with Crippen molar-refractivity contribution < 1.29 is 4.39 Å². The highest BCUT2D eigenvalue weighted by Gasteiger charge is 2.11. The van der Waals surface area contributed by atoms with Gasteiger partial charge in [0, 0.05) is 23.9 Å². The van der Waals surface area contributed by atoms with Crippen molar-refractivity contribution in [2.24, 2.45) is 0 Å². The zero-order valence-corrected chi connectivity index (χ0v) is 11.7. The number of nitrogens with one attached hydrogen (secondary N) is 1. The number of aromatic nitrogens is 2. The molecule has 0 aliphatic rings. The Bertz CT molecular complexity index is 583. The van der Waals surface area contributed by atoms with Crippen molar-refractivity contribution in [3.63, 3.8) is 0 Å². The van der Waals surface area contributed by atoms with Gasteiger partial charge >= 0.3 is 0 Å². The van der Waals surface area contributed by atoms with Crippen molar-refractivity contribution in [1.29, 1.82) is 0 Å². The minimum Gasteiger partial charge on any atom is -0.373 e. The molecule has 4 heteroatoms. The Kier molecular flexibility index (Phi) is 3.79. The molecule has 1 N–H and O–H groups in total. The lowest BCUT2D eigenvalue weighted by Crippen LogP contribution is -2.04. The first kappa shape index (κ1) is 13.5. The first-order valence-electron chi connectivity index (χ1n) is 6.38. The summed E-state index contributed by atoms with van der Waals surface area (Å²) in [7, 11) is 1.84. The number of rotatable bonds is 3. The van der Waals surface area contributed by atoms with Gasteiger partial charge in [0.05, 0.1) is 0 Å². The molecule has 1 heterocycles. The topological polar surface area (TPSA) is 37.8 Å². The summed E-state index contributed by atoms with van der Waals surface area (Å²) in [6.07, 6.45) is 0.843. The Labute approximate surface area is 112 Å². The number of aryl methyl sites for hydroxylation is 2. The van der Waals surface area contributed by atoms with Gasteiger partial charge in [-0.15, -0.1) is 0 Å². The van der Waals surface area contributed by atoms with Crippen molar-refractivity contribution in [2.45, 2.75) is 27.2 Å². The average molecular weight is 259 g/mol. The number of nitrogens with zero attached hydrogens (tertiary/aromatic N) is 2. The smallest absolute Gasteiger partial charge is 0.161 e. The second kappa shape index (κ2) is 5.34. The number of hydrogen-bond donors (Lipinski definition) is 1. The fourth-order valence-corrected chi connectivity index (χ4v) is 2.06. The fourth-order valence-electron chi connectivity index (χ4n) is 2.06. The van der Waals surface area contributed by atoms with Crippen molar-refractivity contribution in [3.8, 4) is 11.4 Å². The summed E-state index contributed by atoms with van der Waals surface area (Å²) in [6.45, 7) is 5.81. The number of hydrogen-bond acceptors (Lipinski definition) is 3. The Hall–Kier alpha value is -1.97. The molecule has 0 radical (unpaired) electrons. The maximum absolute atomic E-state index is 13.3. The third-order valence-corrected chi connectivity index (χ3v) is 3.23. The van der Waals surface area contributed by atoms with Crippen LogP contribution in [-0.4, -0.2) is 17.0 Å². The molecule has 0 amide bonds. The Morgan fingerprint density at radius 3 is 2.53 bits per heavy atom. The molecule has 0 aliphatic carbocycles. The SMILES string of the molecule is CCc1nc(-c2ccc(F)c(C)c2)nc(NC)c1C. The van der Waals surface area contributed by atoms with E-state index in [9.17, 15) is 4.39 Å². The standard InChI is InChI=1S/C15H18FN3/c1-5-13-10(3)14(17-4)19-15(18-13)11-6-7-12(16)9(2)8-11/h6-8H,5H2,1-4H3,(H,17,18,19). The third-order valence-electron chi connectivity index (χ3n) is 3.23. The maximum atomic E-state index is 13.3. The first-order chi connectivity index (χ1) is 9.06. The van der Waals surface area contributed by atoms with E-state index in [0.717, 1.165) is 29.1 Å². The molecule has 100 valence electrons. The monoisotopic (exact) mass is 259 g/mol. The summed E-state index contributed by atoms with van der Waals surface area (Å²) in [6, 6.07) is 4.95. The Balaban J connectivity index is 2.58. The van der Waals surface area contributed by atoms with Gasteiger partial charge in [0.1, 0.15) is 11.6 Å². The number of anilines is 1. The molecular formula is C15H18FN3. The van der Waals surface area contributed by atoms with Crippen LogP contribution in [0.4, 0.5) is 10.2 Å². The Morgan fingerprint density at radius 2 is 1.95 bits per heavy atom. The molecular weight excluding hydrogens is 241 g/mol. The van der Waals surface area contributed by atoms with Crippen LogP contribution in [-0.2, 0) is 6.42 Å². The molecule has 0 saturated heterocycles. The average Bonchev–Trinajstić information content (AvgIpc) is 2.42. The van der Waals surface area contributed by atoms with Crippen LogP contribution in [0.25, 0.3) is 11.4 Å². The van der Waals surface area contributed by atoms with E-state index >= 15 is 0 Å². The molecule has 0 bridgehead atoms. The van der Waals surface area contributed by atoms with Crippen LogP contribution in [0.2, 0.25) is 0 Å². The number of halogens is 1. The summed E-state index contributed by atoms with van der Waals surface area (Å²) < 4.78 is 13.3. The van der Waals surface area contributed by atoms with E-state index in [1.54, 1.807) is 19.1 Å². The molecule has 0 saturated carbocycles. The predicted octanol–water partition coefficient (Wildman–Crippen LogP) is 3.50. The van der Waals surface area contributed by atoms with Gasteiger partial charge in [-0.2, -0.15) is 0 Å². The van der Waals surface area contributed by atoms with E-state index in [1.807, 2.05) is 14.0 Å². The van der Waals surface area contributed by atoms with Gasteiger partial charge in [-0.05, 0) is 44.0 Å². The molecule has 0 unspecified atom stereocenters. The first-order valence-corrected chi connectivity index (χ1v) is 6.38. The van der Waals surface area contributed by atoms with Crippen LogP contribution in [0.3, 0.4) is 0 Å². The Morgan fingerprint density at radius 1 is 1.21 bits per heavy atom. The molecule has 19 heavy (non-hydrogen) atoms. The lowest BCUT2D eigenvalue weighted by Gasteiger charge is -2.11. The van der Waals surface area contributed by atoms with Crippen LogP contribution < -0.4 is 5.32 Å².